The van der Waals surface area contributed by atoms with Crippen molar-refractivity contribution in [2.75, 3.05) is 6.54 Å². The molecule has 2 amide bonds. The fourth-order valence-electron chi connectivity index (χ4n) is 1.71. The van der Waals surface area contributed by atoms with E-state index in [-0.39, 0.29) is 18.9 Å². The van der Waals surface area contributed by atoms with E-state index in [1.165, 1.54) is 13.8 Å². The number of carboxylic acid groups (broad SMARTS) is 1. The molecule has 0 fully saturated rings. The molecule has 0 heterocycles. The van der Waals surface area contributed by atoms with Crippen molar-refractivity contribution in [1.29, 1.82) is 0 Å². The summed E-state index contributed by atoms with van der Waals surface area (Å²) in [4.78, 5) is 34.0. The lowest BCUT2D eigenvalue weighted by Crippen LogP contribution is -2.50. The lowest BCUT2D eigenvalue weighted by molar-refractivity contribution is -0.147. The molecular weight excluding hydrogens is 260 g/mol. The van der Waals surface area contributed by atoms with Crippen LogP contribution < -0.4 is 10.6 Å². The van der Waals surface area contributed by atoms with Crippen LogP contribution in [-0.4, -0.2) is 29.4 Å². The van der Waals surface area contributed by atoms with Gasteiger partial charge in [-0.05, 0) is 12.5 Å². The summed E-state index contributed by atoms with van der Waals surface area (Å²) in [5, 5.41) is 14.3. The molecule has 20 heavy (non-hydrogen) atoms. The first-order valence-electron chi connectivity index (χ1n) is 6.20. The van der Waals surface area contributed by atoms with E-state index in [0.29, 0.717) is 5.56 Å². The van der Waals surface area contributed by atoms with Crippen LogP contribution in [0.2, 0.25) is 0 Å². The monoisotopic (exact) mass is 278 g/mol. The average molecular weight is 278 g/mol. The van der Waals surface area contributed by atoms with Gasteiger partial charge in [-0.25, -0.2) is 4.79 Å². The Hall–Kier alpha value is -2.37. The first-order chi connectivity index (χ1) is 9.36. The molecule has 0 aromatic heterocycles. The third-order valence-corrected chi connectivity index (χ3v) is 2.89. The van der Waals surface area contributed by atoms with Gasteiger partial charge in [0.25, 0.3) is 0 Å². The zero-order valence-electron chi connectivity index (χ0n) is 11.5. The van der Waals surface area contributed by atoms with E-state index in [2.05, 4.69) is 10.6 Å². The van der Waals surface area contributed by atoms with E-state index < -0.39 is 17.4 Å². The van der Waals surface area contributed by atoms with Crippen molar-refractivity contribution in [1.82, 2.24) is 10.6 Å². The largest absolute Gasteiger partial charge is 0.479 e. The van der Waals surface area contributed by atoms with Crippen molar-refractivity contribution in [3.8, 4) is 0 Å². The maximum Gasteiger partial charge on any atom is 0.333 e. The Morgan fingerprint density at radius 1 is 1.20 bits per heavy atom. The molecule has 0 aliphatic heterocycles. The number of aliphatic carboxylic acids is 1. The molecule has 108 valence electrons. The van der Waals surface area contributed by atoms with Crippen LogP contribution in [0.1, 0.15) is 25.8 Å². The third kappa shape index (κ3) is 4.08. The van der Waals surface area contributed by atoms with E-state index in [1.54, 1.807) is 30.3 Å². The molecule has 0 spiro atoms. The number of hydrogen-bond acceptors (Lipinski definition) is 3. The number of hydrogen-bond donors (Lipinski definition) is 3. The molecule has 0 bridgehead atoms. The van der Waals surface area contributed by atoms with E-state index in [4.69, 9.17) is 0 Å². The number of benzene rings is 1. The topological polar surface area (TPSA) is 95.5 Å². The molecule has 0 aliphatic carbocycles. The number of rotatable bonds is 6. The smallest absolute Gasteiger partial charge is 0.333 e. The minimum absolute atomic E-state index is 0.0231. The number of carboxylic acids is 1. The second-order valence-corrected chi connectivity index (χ2v) is 4.58. The summed E-state index contributed by atoms with van der Waals surface area (Å²) in [6.45, 7) is 2.95. The van der Waals surface area contributed by atoms with Crippen molar-refractivity contribution < 1.29 is 19.5 Å². The minimum Gasteiger partial charge on any atom is -0.479 e. The standard InChI is InChI=1S/C14H18N2O4/c1-10(17)15-9-8-12(18)16-14(2,13(19)20)11-6-4-3-5-7-11/h3-7H,8-9H2,1-2H3,(H,15,17)(H,16,18)(H,19,20). The summed E-state index contributed by atoms with van der Waals surface area (Å²) in [6, 6.07) is 8.47. The van der Waals surface area contributed by atoms with Gasteiger partial charge in [0.2, 0.25) is 11.8 Å². The molecular formula is C14H18N2O4. The van der Waals surface area contributed by atoms with E-state index in [1.807, 2.05) is 0 Å². The second kappa shape index (κ2) is 6.70. The van der Waals surface area contributed by atoms with Crippen molar-refractivity contribution in [2.45, 2.75) is 25.8 Å². The Bertz CT molecular complexity index is 501. The molecule has 0 radical (unpaired) electrons. The highest BCUT2D eigenvalue weighted by molar-refractivity contribution is 5.88. The zero-order chi connectivity index (χ0) is 15.2. The fraction of sp³-hybridized carbons (Fsp3) is 0.357. The minimum atomic E-state index is -1.49. The fourth-order valence-corrected chi connectivity index (χ4v) is 1.71. The Labute approximate surface area is 117 Å². The van der Waals surface area contributed by atoms with Crippen LogP contribution in [-0.2, 0) is 19.9 Å². The van der Waals surface area contributed by atoms with Gasteiger partial charge in [0.05, 0.1) is 0 Å². The second-order valence-electron chi connectivity index (χ2n) is 4.58. The van der Waals surface area contributed by atoms with Crippen LogP contribution in [0, 0.1) is 0 Å². The zero-order valence-corrected chi connectivity index (χ0v) is 11.5. The average Bonchev–Trinajstić information content (AvgIpc) is 2.38. The van der Waals surface area contributed by atoms with Gasteiger partial charge in [-0.1, -0.05) is 30.3 Å². The van der Waals surface area contributed by atoms with Crippen LogP contribution in [0.25, 0.3) is 0 Å². The SMILES string of the molecule is CC(=O)NCCC(=O)NC(C)(C(=O)O)c1ccccc1. The van der Waals surface area contributed by atoms with Crippen molar-refractivity contribution >= 4 is 17.8 Å². The summed E-state index contributed by atoms with van der Waals surface area (Å²) in [6.07, 6.45) is 0.0231. The van der Waals surface area contributed by atoms with Crippen LogP contribution >= 0.6 is 0 Å². The molecule has 1 rings (SSSR count). The summed E-state index contributed by atoms with van der Waals surface area (Å²) in [7, 11) is 0. The number of amides is 2. The molecule has 3 N–H and O–H groups in total. The van der Waals surface area contributed by atoms with Crippen LogP contribution in [0.3, 0.4) is 0 Å². The molecule has 1 aromatic rings. The Kier molecular flexibility index (Phi) is 5.25. The maximum absolute atomic E-state index is 11.8. The Balaban J connectivity index is 2.75. The Morgan fingerprint density at radius 3 is 2.30 bits per heavy atom. The maximum atomic E-state index is 11.8. The normalized spacial score (nSPS) is 13.1. The lowest BCUT2D eigenvalue weighted by Gasteiger charge is -2.26. The van der Waals surface area contributed by atoms with Gasteiger partial charge >= 0.3 is 5.97 Å². The van der Waals surface area contributed by atoms with Gasteiger partial charge in [-0.15, -0.1) is 0 Å². The highest BCUT2D eigenvalue weighted by atomic mass is 16.4. The predicted octanol–water partition coefficient (Wildman–Crippen LogP) is 0.629. The van der Waals surface area contributed by atoms with Gasteiger partial charge in [-0.2, -0.15) is 0 Å². The molecule has 0 saturated carbocycles. The van der Waals surface area contributed by atoms with Gasteiger partial charge in [0.15, 0.2) is 5.54 Å². The van der Waals surface area contributed by atoms with Crippen molar-refractivity contribution in [2.24, 2.45) is 0 Å². The van der Waals surface area contributed by atoms with Gasteiger partial charge in [0, 0.05) is 19.9 Å². The molecule has 6 nitrogen and oxygen atoms in total. The molecule has 1 aromatic carbocycles. The van der Waals surface area contributed by atoms with E-state index in [0.717, 1.165) is 0 Å². The first kappa shape index (κ1) is 15.7. The quantitative estimate of drug-likeness (QED) is 0.711. The van der Waals surface area contributed by atoms with Crippen LogP contribution in [0.5, 0.6) is 0 Å². The third-order valence-electron chi connectivity index (χ3n) is 2.89. The highest BCUT2D eigenvalue weighted by Crippen LogP contribution is 2.20. The summed E-state index contributed by atoms with van der Waals surface area (Å²) >= 11 is 0. The molecule has 0 aliphatic rings. The summed E-state index contributed by atoms with van der Waals surface area (Å²) < 4.78 is 0. The van der Waals surface area contributed by atoms with Crippen LogP contribution in [0.4, 0.5) is 0 Å². The number of carbonyl (C=O) groups excluding carboxylic acids is 2. The van der Waals surface area contributed by atoms with Gasteiger partial charge in [-0.3, -0.25) is 9.59 Å². The van der Waals surface area contributed by atoms with E-state index >= 15 is 0 Å². The number of carbonyl (C=O) groups is 3. The van der Waals surface area contributed by atoms with Crippen molar-refractivity contribution in [3.05, 3.63) is 35.9 Å². The first-order valence-corrected chi connectivity index (χ1v) is 6.20. The summed E-state index contributed by atoms with van der Waals surface area (Å²) in [5.74, 6) is -1.81. The predicted molar refractivity (Wildman–Crippen MR) is 72.9 cm³/mol. The Morgan fingerprint density at radius 2 is 1.80 bits per heavy atom. The summed E-state index contributed by atoms with van der Waals surface area (Å²) in [5.41, 5.74) is -1.01. The van der Waals surface area contributed by atoms with Gasteiger partial charge < -0.3 is 15.7 Å². The number of nitrogens with one attached hydrogen (secondary N) is 2. The highest BCUT2D eigenvalue weighted by Gasteiger charge is 2.36. The lowest BCUT2D eigenvalue weighted by atomic mass is 9.92. The molecule has 1 atom stereocenters. The van der Waals surface area contributed by atoms with Crippen molar-refractivity contribution in [3.63, 3.8) is 0 Å². The van der Waals surface area contributed by atoms with E-state index in [9.17, 15) is 19.5 Å². The van der Waals surface area contributed by atoms with Crippen LogP contribution in [0.15, 0.2) is 30.3 Å². The molecule has 0 saturated heterocycles. The molecule has 1 unspecified atom stereocenters. The van der Waals surface area contributed by atoms with Gasteiger partial charge in [0.1, 0.15) is 0 Å². The molecule has 6 heteroatoms.